The molecular formula is C13H16N4O. The molecule has 1 aromatic heterocycles. The molecule has 0 radical (unpaired) electrons. The van der Waals surface area contributed by atoms with Gasteiger partial charge < -0.3 is 0 Å². The molecule has 1 fully saturated rings. The van der Waals surface area contributed by atoms with Crippen LogP contribution in [0.4, 0.5) is 5.95 Å². The number of aryl methyl sites for hydroxylation is 2. The van der Waals surface area contributed by atoms with Crippen molar-refractivity contribution in [1.82, 2.24) is 9.97 Å². The molecule has 0 unspecified atom stereocenters. The van der Waals surface area contributed by atoms with E-state index in [-0.39, 0.29) is 11.8 Å². The lowest BCUT2D eigenvalue weighted by molar-refractivity contribution is -0.120. The summed E-state index contributed by atoms with van der Waals surface area (Å²) in [6.45, 7) is 3.80. The number of carbonyl (C=O) groups is 1. The zero-order chi connectivity index (χ0) is 12.7. The van der Waals surface area contributed by atoms with Gasteiger partial charge >= 0.3 is 0 Å². The van der Waals surface area contributed by atoms with E-state index in [1.807, 2.05) is 19.9 Å². The van der Waals surface area contributed by atoms with Crippen LogP contribution in [0.25, 0.3) is 0 Å². The van der Waals surface area contributed by atoms with Crippen LogP contribution in [0.15, 0.2) is 11.2 Å². The third-order valence-corrected chi connectivity index (χ3v) is 3.47. The van der Waals surface area contributed by atoms with E-state index in [0.717, 1.165) is 42.8 Å². The van der Waals surface area contributed by atoms with Crippen molar-refractivity contribution >= 4 is 17.6 Å². The average Bonchev–Trinajstić information content (AvgIpc) is 2.66. The van der Waals surface area contributed by atoms with E-state index in [0.29, 0.717) is 5.95 Å². The van der Waals surface area contributed by atoms with Gasteiger partial charge in [-0.1, -0.05) is 6.42 Å². The molecule has 1 aliphatic carbocycles. The molecule has 1 aliphatic heterocycles. The second-order valence-electron chi connectivity index (χ2n) is 4.99. The normalized spacial score (nSPS) is 23.0. The molecule has 5 nitrogen and oxygen atoms in total. The molecule has 1 amide bonds. The topological polar surface area (TPSA) is 58.5 Å². The van der Waals surface area contributed by atoms with Gasteiger partial charge in [-0.05, 0) is 39.2 Å². The monoisotopic (exact) mass is 244 g/mol. The number of hydrogen-bond donors (Lipinski definition) is 0. The molecule has 0 N–H and O–H groups in total. The van der Waals surface area contributed by atoms with Crippen molar-refractivity contribution in [3.05, 3.63) is 17.5 Å². The van der Waals surface area contributed by atoms with Crippen molar-refractivity contribution < 1.29 is 4.79 Å². The van der Waals surface area contributed by atoms with Gasteiger partial charge in [-0.25, -0.2) is 9.97 Å². The van der Waals surface area contributed by atoms with Gasteiger partial charge in [-0.2, -0.15) is 10.1 Å². The number of rotatable bonds is 1. The summed E-state index contributed by atoms with van der Waals surface area (Å²) < 4.78 is 0. The van der Waals surface area contributed by atoms with Crippen LogP contribution in [0.3, 0.4) is 0 Å². The molecule has 3 rings (SSSR count). The molecule has 0 saturated heterocycles. The first kappa shape index (κ1) is 11.3. The molecule has 2 heterocycles. The maximum absolute atomic E-state index is 12.3. The molecule has 18 heavy (non-hydrogen) atoms. The fourth-order valence-electron chi connectivity index (χ4n) is 2.65. The van der Waals surface area contributed by atoms with Gasteiger partial charge in [0.25, 0.3) is 11.9 Å². The van der Waals surface area contributed by atoms with Crippen LogP contribution in [0.5, 0.6) is 0 Å². The minimum atomic E-state index is -0.0248. The van der Waals surface area contributed by atoms with Crippen LogP contribution in [0, 0.1) is 19.8 Å². The minimum Gasteiger partial charge on any atom is -0.272 e. The Labute approximate surface area is 106 Å². The van der Waals surface area contributed by atoms with E-state index in [4.69, 9.17) is 0 Å². The number of hydrazone groups is 1. The van der Waals surface area contributed by atoms with Crippen molar-refractivity contribution in [1.29, 1.82) is 0 Å². The van der Waals surface area contributed by atoms with Crippen molar-refractivity contribution in [3.63, 3.8) is 0 Å². The third kappa shape index (κ3) is 1.79. The summed E-state index contributed by atoms with van der Waals surface area (Å²) in [4.78, 5) is 20.9. The number of carbonyl (C=O) groups excluding carboxylic acids is 1. The lowest BCUT2D eigenvalue weighted by Crippen LogP contribution is -2.30. The standard InChI is InChI=1S/C13H16N4O/c1-8-7-9(2)15-13(14-8)17-12(18)10-5-3-4-6-11(10)16-17/h7,10H,3-6H2,1-2H3/t10-/m0/s1. The fourth-order valence-corrected chi connectivity index (χ4v) is 2.65. The Bertz CT molecular complexity index is 518. The quantitative estimate of drug-likeness (QED) is 0.759. The number of anilines is 1. The van der Waals surface area contributed by atoms with E-state index < -0.39 is 0 Å². The zero-order valence-corrected chi connectivity index (χ0v) is 10.7. The van der Waals surface area contributed by atoms with E-state index in [1.54, 1.807) is 0 Å². The van der Waals surface area contributed by atoms with E-state index in [9.17, 15) is 4.79 Å². The van der Waals surface area contributed by atoms with Gasteiger partial charge in [0.05, 0.1) is 11.6 Å². The SMILES string of the molecule is Cc1cc(C)nc(N2N=C3CCCC[C@@H]3C2=O)n1. The first-order chi connectivity index (χ1) is 8.65. The number of hydrogen-bond acceptors (Lipinski definition) is 4. The van der Waals surface area contributed by atoms with Gasteiger partial charge in [-0.15, -0.1) is 0 Å². The molecule has 1 saturated carbocycles. The van der Waals surface area contributed by atoms with Crippen LogP contribution in [-0.4, -0.2) is 21.6 Å². The number of fused-ring (bicyclic) bond motifs is 1. The highest BCUT2D eigenvalue weighted by atomic mass is 16.2. The Balaban J connectivity index is 1.97. The number of aromatic nitrogens is 2. The first-order valence-electron chi connectivity index (χ1n) is 6.39. The Hall–Kier alpha value is -1.78. The maximum atomic E-state index is 12.3. The van der Waals surface area contributed by atoms with Crippen LogP contribution in [-0.2, 0) is 4.79 Å². The van der Waals surface area contributed by atoms with Crippen LogP contribution in [0.1, 0.15) is 37.1 Å². The molecule has 1 atom stereocenters. The molecule has 2 aliphatic rings. The summed E-state index contributed by atoms with van der Waals surface area (Å²) in [5.41, 5.74) is 2.73. The van der Waals surface area contributed by atoms with Gasteiger partial charge in [0.15, 0.2) is 0 Å². The summed E-state index contributed by atoms with van der Waals surface area (Å²) >= 11 is 0. The van der Waals surface area contributed by atoms with Gasteiger partial charge in [0.2, 0.25) is 0 Å². The fraction of sp³-hybridized carbons (Fsp3) is 0.538. The smallest absolute Gasteiger partial charge is 0.258 e. The van der Waals surface area contributed by atoms with Crippen molar-refractivity contribution in [2.75, 3.05) is 5.01 Å². The molecule has 0 aromatic carbocycles. The Morgan fingerprint density at radius 2 is 1.94 bits per heavy atom. The van der Waals surface area contributed by atoms with Gasteiger partial charge in [-0.3, -0.25) is 4.79 Å². The van der Waals surface area contributed by atoms with Crippen LogP contribution in [0.2, 0.25) is 0 Å². The molecule has 1 aromatic rings. The van der Waals surface area contributed by atoms with Crippen LogP contribution >= 0.6 is 0 Å². The molecule has 0 bridgehead atoms. The Morgan fingerprint density at radius 3 is 2.61 bits per heavy atom. The summed E-state index contributed by atoms with van der Waals surface area (Å²) in [6, 6.07) is 1.89. The largest absolute Gasteiger partial charge is 0.272 e. The van der Waals surface area contributed by atoms with E-state index in [1.165, 1.54) is 5.01 Å². The molecule has 0 spiro atoms. The summed E-state index contributed by atoms with van der Waals surface area (Å²) in [6.07, 6.45) is 4.08. The Kier molecular flexibility index (Phi) is 2.61. The predicted octanol–water partition coefficient (Wildman–Crippen LogP) is 1.99. The molecular weight excluding hydrogens is 228 g/mol. The third-order valence-electron chi connectivity index (χ3n) is 3.47. The first-order valence-corrected chi connectivity index (χ1v) is 6.39. The molecule has 94 valence electrons. The predicted molar refractivity (Wildman–Crippen MR) is 68.4 cm³/mol. The van der Waals surface area contributed by atoms with Crippen LogP contribution < -0.4 is 5.01 Å². The highest BCUT2D eigenvalue weighted by Gasteiger charge is 2.38. The number of nitrogens with zero attached hydrogens (tertiary/aromatic N) is 4. The average molecular weight is 244 g/mol. The minimum absolute atomic E-state index is 0.0248. The van der Waals surface area contributed by atoms with Gasteiger partial charge in [0.1, 0.15) is 0 Å². The number of amides is 1. The second-order valence-corrected chi connectivity index (χ2v) is 4.99. The van der Waals surface area contributed by atoms with E-state index >= 15 is 0 Å². The highest BCUT2D eigenvalue weighted by molar-refractivity contribution is 6.15. The van der Waals surface area contributed by atoms with E-state index in [2.05, 4.69) is 15.1 Å². The lowest BCUT2D eigenvalue weighted by atomic mass is 9.87. The lowest BCUT2D eigenvalue weighted by Gasteiger charge is -2.16. The summed E-state index contributed by atoms with van der Waals surface area (Å²) in [5.74, 6) is 0.428. The zero-order valence-electron chi connectivity index (χ0n) is 10.7. The van der Waals surface area contributed by atoms with Crippen molar-refractivity contribution in [3.8, 4) is 0 Å². The van der Waals surface area contributed by atoms with Crippen molar-refractivity contribution in [2.24, 2.45) is 11.0 Å². The van der Waals surface area contributed by atoms with Gasteiger partial charge in [0, 0.05) is 11.4 Å². The summed E-state index contributed by atoms with van der Waals surface area (Å²) in [5, 5.41) is 5.81. The summed E-state index contributed by atoms with van der Waals surface area (Å²) in [7, 11) is 0. The second kappa shape index (κ2) is 4.15. The highest BCUT2D eigenvalue weighted by Crippen LogP contribution is 2.30. The molecule has 5 heteroatoms. The Morgan fingerprint density at radius 1 is 1.22 bits per heavy atom. The van der Waals surface area contributed by atoms with Crippen molar-refractivity contribution in [2.45, 2.75) is 39.5 Å². The maximum Gasteiger partial charge on any atom is 0.258 e.